The lowest BCUT2D eigenvalue weighted by Crippen LogP contribution is -2.46. The van der Waals surface area contributed by atoms with Crippen molar-refractivity contribution in [2.45, 2.75) is 25.3 Å². The Morgan fingerprint density at radius 2 is 2.00 bits per heavy atom. The first-order chi connectivity index (χ1) is 8.60. The van der Waals surface area contributed by atoms with Crippen molar-refractivity contribution in [3.05, 3.63) is 12.7 Å². The maximum Gasteiger partial charge on any atom is 0.320 e. The van der Waals surface area contributed by atoms with Gasteiger partial charge in [0.1, 0.15) is 0 Å². The van der Waals surface area contributed by atoms with Crippen LogP contribution in [0.25, 0.3) is 0 Å². The molecule has 1 fully saturated rings. The number of carbonyl (C=O) groups excluding carboxylic acids is 1. The average Bonchev–Trinajstić information content (AvgIpc) is 3.13. The summed E-state index contributed by atoms with van der Waals surface area (Å²) in [6.45, 7) is 4.27. The summed E-state index contributed by atoms with van der Waals surface area (Å²) in [4.78, 5) is 25.9. The molecule has 1 rings (SSSR count). The quantitative estimate of drug-likeness (QED) is 0.621. The van der Waals surface area contributed by atoms with Gasteiger partial charge in [0.25, 0.3) is 0 Å². The highest BCUT2D eigenvalue weighted by atomic mass is 16.4. The molecule has 1 saturated carbocycles. The van der Waals surface area contributed by atoms with Gasteiger partial charge in [-0.05, 0) is 12.8 Å². The second-order valence-corrected chi connectivity index (χ2v) is 4.31. The van der Waals surface area contributed by atoms with E-state index in [0.29, 0.717) is 6.54 Å². The van der Waals surface area contributed by atoms with Gasteiger partial charge in [-0.25, -0.2) is 4.79 Å². The minimum Gasteiger partial charge on any atom is -0.481 e. The fourth-order valence-electron chi connectivity index (χ4n) is 1.76. The molecule has 0 aliphatic heterocycles. The van der Waals surface area contributed by atoms with E-state index in [1.54, 1.807) is 11.0 Å². The third-order valence-electron chi connectivity index (χ3n) is 2.79. The lowest BCUT2D eigenvalue weighted by atomic mass is 10.3. The van der Waals surface area contributed by atoms with Crippen LogP contribution >= 0.6 is 0 Å². The molecular formula is C12H20N2O4. The zero-order valence-corrected chi connectivity index (χ0v) is 10.4. The van der Waals surface area contributed by atoms with Gasteiger partial charge in [0.05, 0.1) is 13.0 Å². The highest BCUT2D eigenvalue weighted by Crippen LogP contribution is 2.27. The number of carbonyl (C=O) groups is 2. The number of carboxylic acids is 1. The summed E-state index contributed by atoms with van der Waals surface area (Å²) in [5.74, 6) is -0.911. The van der Waals surface area contributed by atoms with E-state index in [9.17, 15) is 9.59 Å². The minimum atomic E-state index is -0.911. The maximum absolute atomic E-state index is 12.2. The molecule has 1 aliphatic carbocycles. The molecule has 0 unspecified atom stereocenters. The van der Waals surface area contributed by atoms with Gasteiger partial charge in [0.15, 0.2) is 0 Å². The van der Waals surface area contributed by atoms with Crippen LogP contribution in [0, 0.1) is 0 Å². The van der Waals surface area contributed by atoms with E-state index in [1.165, 1.54) is 4.90 Å². The molecule has 0 bridgehead atoms. The molecule has 0 heterocycles. The summed E-state index contributed by atoms with van der Waals surface area (Å²) in [5, 5.41) is 17.6. The van der Waals surface area contributed by atoms with E-state index < -0.39 is 5.97 Å². The van der Waals surface area contributed by atoms with Crippen LogP contribution in [0.3, 0.4) is 0 Å². The number of aliphatic hydroxyl groups excluding tert-OH is 1. The molecule has 1 aliphatic rings. The predicted octanol–water partition coefficient (Wildman–Crippen LogP) is 0.526. The largest absolute Gasteiger partial charge is 0.481 e. The van der Waals surface area contributed by atoms with E-state index in [4.69, 9.17) is 10.2 Å². The lowest BCUT2D eigenvalue weighted by Gasteiger charge is -2.29. The number of aliphatic hydroxyl groups is 1. The number of rotatable bonds is 8. The van der Waals surface area contributed by atoms with Crippen LogP contribution in [-0.2, 0) is 4.79 Å². The van der Waals surface area contributed by atoms with Crippen molar-refractivity contribution in [1.29, 1.82) is 0 Å². The van der Waals surface area contributed by atoms with Crippen molar-refractivity contribution in [2.24, 2.45) is 0 Å². The lowest BCUT2D eigenvalue weighted by molar-refractivity contribution is -0.137. The highest BCUT2D eigenvalue weighted by molar-refractivity contribution is 5.76. The fourth-order valence-corrected chi connectivity index (χ4v) is 1.76. The van der Waals surface area contributed by atoms with Crippen LogP contribution in [0.5, 0.6) is 0 Å². The Kier molecular flexibility index (Phi) is 5.64. The topological polar surface area (TPSA) is 81.1 Å². The number of urea groups is 1. The van der Waals surface area contributed by atoms with Gasteiger partial charge in [0, 0.05) is 25.7 Å². The van der Waals surface area contributed by atoms with Gasteiger partial charge in [-0.3, -0.25) is 4.79 Å². The van der Waals surface area contributed by atoms with Crippen molar-refractivity contribution in [3.63, 3.8) is 0 Å². The van der Waals surface area contributed by atoms with Crippen LogP contribution in [0.4, 0.5) is 4.79 Å². The van der Waals surface area contributed by atoms with Crippen LogP contribution in [0.2, 0.25) is 0 Å². The molecule has 0 aromatic rings. The smallest absolute Gasteiger partial charge is 0.320 e. The van der Waals surface area contributed by atoms with Gasteiger partial charge in [-0.1, -0.05) is 6.08 Å². The van der Waals surface area contributed by atoms with Crippen molar-refractivity contribution < 1.29 is 19.8 Å². The molecule has 6 heteroatoms. The second-order valence-electron chi connectivity index (χ2n) is 4.31. The summed E-state index contributed by atoms with van der Waals surface area (Å²) in [6, 6.07) is -0.0597. The van der Waals surface area contributed by atoms with Gasteiger partial charge in [0.2, 0.25) is 0 Å². The first kappa shape index (κ1) is 14.5. The van der Waals surface area contributed by atoms with E-state index in [0.717, 1.165) is 12.8 Å². The molecule has 0 aromatic heterocycles. The molecule has 0 atom stereocenters. The van der Waals surface area contributed by atoms with Crippen molar-refractivity contribution in [3.8, 4) is 0 Å². The molecule has 6 nitrogen and oxygen atoms in total. The van der Waals surface area contributed by atoms with Crippen LogP contribution in [-0.4, -0.2) is 64.3 Å². The first-order valence-electron chi connectivity index (χ1n) is 6.09. The summed E-state index contributed by atoms with van der Waals surface area (Å²) < 4.78 is 0. The molecule has 102 valence electrons. The Labute approximate surface area is 106 Å². The Morgan fingerprint density at radius 1 is 1.33 bits per heavy atom. The van der Waals surface area contributed by atoms with E-state index in [2.05, 4.69) is 6.58 Å². The number of hydrogen-bond acceptors (Lipinski definition) is 3. The number of nitrogens with zero attached hydrogens (tertiary/aromatic N) is 2. The SMILES string of the molecule is C=CCN(CCO)C(=O)N(CCC(=O)O)C1CC1. The second kappa shape index (κ2) is 7.00. The number of hydrogen-bond donors (Lipinski definition) is 2. The van der Waals surface area contributed by atoms with Crippen LogP contribution in [0.1, 0.15) is 19.3 Å². The number of carboxylic acid groups (broad SMARTS) is 1. The van der Waals surface area contributed by atoms with E-state index in [-0.39, 0.29) is 38.2 Å². The summed E-state index contributed by atoms with van der Waals surface area (Å²) in [6.07, 6.45) is 3.39. The highest BCUT2D eigenvalue weighted by Gasteiger charge is 2.34. The van der Waals surface area contributed by atoms with Gasteiger partial charge in [-0.2, -0.15) is 0 Å². The normalized spacial score (nSPS) is 14.1. The van der Waals surface area contributed by atoms with E-state index >= 15 is 0 Å². The van der Waals surface area contributed by atoms with Crippen LogP contribution in [0.15, 0.2) is 12.7 Å². The number of amides is 2. The third kappa shape index (κ3) is 4.37. The van der Waals surface area contributed by atoms with Gasteiger partial charge in [-0.15, -0.1) is 6.58 Å². The first-order valence-corrected chi connectivity index (χ1v) is 6.09. The summed E-state index contributed by atoms with van der Waals surface area (Å²) in [7, 11) is 0. The third-order valence-corrected chi connectivity index (χ3v) is 2.79. The standard InChI is InChI=1S/C12H20N2O4/c1-2-6-13(8-9-15)12(18)14(10-3-4-10)7-5-11(16)17/h2,10,15H,1,3-9H2,(H,16,17). The Hall–Kier alpha value is -1.56. The molecular weight excluding hydrogens is 236 g/mol. The van der Waals surface area contributed by atoms with Crippen LogP contribution < -0.4 is 0 Å². The average molecular weight is 256 g/mol. The Bertz CT molecular complexity index is 315. The molecule has 0 radical (unpaired) electrons. The van der Waals surface area contributed by atoms with Crippen molar-refractivity contribution in [1.82, 2.24) is 9.80 Å². The summed E-state index contributed by atoms with van der Waals surface area (Å²) >= 11 is 0. The van der Waals surface area contributed by atoms with Crippen molar-refractivity contribution in [2.75, 3.05) is 26.2 Å². The summed E-state index contributed by atoms with van der Waals surface area (Å²) in [5.41, 5.74) is 0. The van der Waals surface area contributed by atoms with Gasteiger partial charge >= 0.3 is 12.0 Å². The molecule has 0 spiro atoms. The van der Waals surface area contributed by atoms with Gasteiger partial charge < -0.3 is 20.0 Å². The predicted molar refractivity (Wildman–Crippen MR) is 66.2 cm³/mol. The maximum atomic E-state index is 12.2. The molecule has 0 saturated heterocycles. The van der Waals surface area contributed by atoms with E-state index in [1.807, 2.05) is 0 Å². The zero-order valence-electron chi connectivity index (χ0n) is 10.4. The Balaban J connectivity index is 2.60. The molecule has 2 N–H and O–H groups in total. The molecule has 0 aromatic carbocycles. The minimum absolute atomic E-state index is 0.0523. The van der Waals surface area contributed by atoms with Crippen molar-refractivity contribution >= 4 is 12.0 Å². The Morgan fingerprint density at radius 3 is 2.44 bits per heavy atom. The fraction of sp³-hybridized carbons (Fsp3) is 0.667. The molecule has 2 amide bonds. The molecule has 18 heavy (non-hydrogen) atoms. The monoisotopic (exact) mass is 256 g/mol. The number of aliphatic carboxylic acids is 1. The zero-order chi connectivity index (χ0) is 13.5.